The van der Waals surface area contributed by atoms with Crippen molar-refractivity contribution < 1.29 is 4.79 Å². The first-order valence-electron chi connectivity index (χ1n) is 7.19. The Morgan fingerprint density at radius 3 is 2.32 bits per heavy atom. The molecule has 1 saturated heterocycles. The number of likely N-dealkylation sites (tertiary alicyclic amines) is 1. The molecule has 1 aliphatic heterocycles. The second-order valence-corrected chi connectivity index (χ2v) is 5.78. The summed E-state index contributed by atoms with van der Waals surface area (Å²) in [6, 6.07) is 9.93. The molecule has 0 amide bonds. The SMILES string of the molecule is O=CC(CC(Cl)N1CCCCCC1)c1ccccc1. The first-order chi connectivity index (χ1) is 9.31. The molecule has 1 aromatic rings. The number of rotatable bonds is 5. The first-order valence-corrected chi connectivity index (χ1v) is 7.63. The molecule has 1 aromatic carbocycles. The van der Waals surface area contributed by atoms with Crippen LogP contribution in [0.15, 0.2) is 30.3 Å². The highest BCUT2D eigenvalue weighted by Gasteiger charge is 2.22. The number of alkyl halides is 1. The molecule has 0 saturated carbocycles. The normalized spacial score (nSPS) is 20.5. The molecule has 1 aliphatic rings. The third-order valence-corrected chi connectivity index (χ3v) is 4.33. The topological polar surface area (TPSA) is 20.3 Å². The Morgan fingerprint density at radius 1 is 1.11 bits per heavy atom. The molecule has 0 N–H and O–H groups in total. The van der Waals surface area contributed by atoms with Crippen LogP contribution >= 0.6 is 11.6 Å². The van der Waals surface area contributed by atoms with Crippen LogP contribution in [0.2, 0.25) is 0 Å². The van der Waals surface area contributed by atoms with Crippen molar-refractivity contribution in [2.24, 2.45) is 0 Å². The minimum atomic E-state index is -0.0908. The number of hydrogen-bond acceptors (Lipinski definition) is 2. The van der Waals surface area contributed by atoms with Gasteiger partial charge in [-0.15, -0.1) is 11.6 Å². The molecular formula is C16H22ClNO. The Labute approximate surface area is 120 Å². The van der Waals surface area contributed by atoms with Gasteiger partial charge < -0.3 is 4.79 Å². The standard InChI is InChI=1S/C16H22ClNO/c17-16(18-10-6-1-2-7-11-18)12-15(13-19)14-8-4-3-5-9-14/h3-5,8-9,13,15-16H,1-2,6-7,10-12H2. The predicted molar refractivity (Wildman–Crippen MR) is 79.5 cm³/mol. The van der Waals surface area contributed by atoms with Crippen LogP contribution in [0.1, 0.15) is 43.6 Å². The molecule has 3 heteroatoms. The van der Waals surface area contributed by atoms with Crippen LogP contribution in [0.5, 0.6) is 0 Å². The minimum absolute atomic E-state index is 0.0338. The maximum Gasteiger partial charge on any atom is 0.127 e. The van der Waals surface area contributed by atoms with Crippen molar-refractivity contribution in [1.29, 1.82) is 0 Å². The summed E-state index contributed by atoms with van der Waals surface area (Å²) in [5, 5.41) is 0. The van der Waals surface area contributed by atoms with Crippen LogP contribution in [0.3, 0.4) is 0 Å². The number of carbonyl (C=O) groups is 1. The van der Waals surface area contributed by atoms with Crippen LogP contribution in [0.4, 0.5) is 0 Å². The number of aldehydes is 1. The van der Waals surface area contributed by atoms with Crippen LogP contribution in [-0.4, -0.2) is 29.8 Å². The number of nitrogens with zero attached hydrogens (tertiary/aromatic N) is 1. The molecule has 0 spiro atoms. The minimum Gasteiger partial charge on any atom is -0.303 e. The fourth-order valence-electron chi connectivity index (χ4n) is 2.70. The molecule has 19 heavy (non-hydrogen) atoms. The summed E-state index contributed by atoms with van der Waals surface area (Å²) in [4.78, 5) is 13.6. The van der Waals surface area contributed by atoms with Gasteiger partial charge in [0.15, 0.2) is 0 Å². The maximum absolute atomic E-state index is 11.3. The predicted octanol–water partition coefficient (Wildman–Crippen LogP) is 3.80. The van der Waals surface area contributed by atoms with Gasteiger partial charge in [0.05, 0.1) is 5.50 Å². The molecule has 0 bridgehead atoms. The maximum atomic E-state index is 11.3. The van der Waals surface area contributed by atoms with Crippen LogP contribution in [-0.2, 0) is 4.79 Å². The van der Waals surface area contributed by atoms with Gasteiger partial charge in [-0.1, -0.05) is 43.2 Å². The molecule has 0 radical (unpaired) electrons. The molecule has 2 atom stereocenters. The van der Waals surface area contributed by atoms with Crippen molar-refractivity contribution in [3.8, 4) is 0 Å². The lowest BCUT2D eigenvalue weighted by Gasteiger charge is -2.27. The van der Waals surface area contributed by atoms with E-state index in [1.165, 1.54) is 25.7 Å². The zero-order chi connectivity index (χ0) is 13.5. The Bertz CT molecular complexity index is 374. The highest BCUT2D eigenvalue weighted by molar-refractivity contribution is 6.20. The highest BCUT2D eigenvalue weighted by atomic mass is 35.5. The molecule has 2 unspecified atom stereocenters. The van der Waals surface area contributed by atoms with Crippen LogP contribution in [0.25, 0.3) is 0 Å². The summed E-state index contributed by atoms with van der Waals surface area (Å²) in [5.74, 6) is -0.0908. The Hall–Kier alpha value is -0.860. The summed E-state index contributed by atoms with van der Waals surface area (Å²) in [6.07, 6.45) is 6.78. The van der Waals surface area contributed by atoms with Crippen molar-refractivity contribution in [3.63, 3.8) is 0 Å². The molecule has 0 aromatic heterocycles. The van der Waals surface area contributed by atoms with Gasteiger partial charge in [-0.05, 0) is 37.9 Å². The molecule has 1 fully saturated rings. The molecule has 1 heterocycles. The average molecular weight is 280 g/mol. The first kappa shape index (κ1) is 14.5. The van der Waals surface area contributed by atoms with E-state index < -0.39 is 0 Å². The average Bonchev–Trinajstić information content (AvgIpc) is 2.74. The summed E-state index contributed by atoms with van der Waals surface area (Å²) in [7, 11) is 0. The molecular weight excluding hydrogens is 258 g/mol. The van der Waals surface area contributed by atoms with Gasteiger partial charge in [0, 0.05) is 5.92 Å². The van der Waals surface area contributed by atoms with E-state index in [0.717, 1.165) is 24.9 Å². The molecule has 0 aliphatic carbocycles. The van der Waals surface area contributed by atoms with Gasteiger partial charge in [-0.3, -0.25) is 4.90 Å². The van der Waals surface area contributed by atoms with Crippen molar-refractivity contribution in [2.45, 2.75) is 43.5 Å². The van der Waals surface area contributed by atoms with Crippen molar-refractivity contribution in [2.75, 3.05) is 13.1 Å². The zero-order valence-electron chi connectivity index (χ0n) is 11.3. The Kier molecular flexibility index (Phi) is 5.87. The second kappa shape index (κ2) is 7.66. The zero-order valence-corrected chi connectivity index (χ0v) is 12.1. The summed E-state index contributed by atoms with van der Waals surface area (Å²) < 4.78 is 0. The number of halogens is 1. The lowest BCUT2D eigenvalue weighted by molar-refractivity contribution is -0.109. The lowest BCUT2D eigenvalue weighted by Crippen LogP contribution is -2.33. The number of hydrogen-bond donors (Lipinski definition) is 0. The van der Waals surface area contributed by atoms with E-state index in [2.05, 4.69) is 4.90 Å². The van der Waals surface area contributed by atoms with Crippen molar-refractivity contribution in [3.05, 3.63) is 35.9 Å². The van der Waals surface area contributed by atoms with E-state index in [1.54, 1.807) is 0 Å². The monoisotopic (exact) mass is 279 g/mol. The summed E-state index contributed by atoms with van der Waals surface area (Å²) >= 11 is 6.52. The van der Waals surface area contributed by atoms with E-state index >= 15 is 0 Å². The number of carbonyl (C=O) groups excluding carboxylic acids is 1. The van der Waals surface area contributed by atoms with Gasteiger partial charge in [0.25, 0.3) is 0 Å². The van der Waals surface area contributed by atoms with Gasteiger partial charge >= 0.3 is 0 Å². The Balaban J connectivity index is 1.95. The van der Waals surface area contributed by atoms with E-state index in [0.29, 0.717) is 6.42 Å². The summed E-state index contributed by atoms with van der Waals surface area (Å²) in [6.45, 7) is 2.13. The summed E-state index contributed by atoms with van der Waals surface area (Å²) in [5.41, 5.74) is 1.03. The van der Waals surface area contributed by atoms with Crippen LogP contribution < -0.4 is 0 Å². The van der Waals surface area contributed by atoms with Gasteiger partial charge in [-0.2, -0.15) is 0 Å². The Morgan fingerprint density at radius 2 is 1.74 bits per heavy atom. The third-order valence-electron chi connectivity index (χ3n) is 3.88. The van der Waals surface area contributed by atoms with Crippen molar-refractivity contribution in [1.82, 2.24) is 4.90 Å². The van der Waals surface area contributed by atoms with E-state index in [1.807, 2.05) is 30.3 Å². The van der Waals surface area contributed by atoms with Gasteiger partial charge in [-0.25, -0.2) is 0 Å². The van der Waals surface area contributed by atoms with E-state index in [4.69, 9.17) is 11.6 Å². The second-order valence-electron chi connectivity index (χ2n) is 5.27. The van der Waals surface area contributed by atoms with E-state index in [-0.39, 0.29) is 11.4 Å². The van der Waals surface area contributed by atoms with Crippen LogP contribution in [0, 0.1) is 0 Å². The lowest BCUT2D eigenvalue weighted by atomic mass is 9.97. The fraction of sp³-hybridized carbons (Fsp3) is 0.562. The van der Waals surface area contributed by atoms with E-state index in [9.17, 15) is 4.79 Å². The van der Waals surface area contributed by atoms with Crippen molar-refractivity contribution >= 4 is 17.9 Å². The quantitative estimate of drug-likeness (QED) is 0.464. The van der Waals surface area contributed by atoms with Gasteiger partial charge in [0.2, 0.25) is 0 Å². The highest BCUT2D eigenvalue weighted by Crippen LogP contribution is 2.25. The van der Waals surface area contributed by atoms with Gasteiger partial charge in [0.1, 0.15) is 6.29 Å². The molecule has 2 nitrogen and oxygen atoms in total. The molecule has 2 rings (SSSR count). The number of benzene rings is 1. The third kappa shape index (κ3) is 4.32. The fourth-order valence-corrected chi connectivity index (χ4v) is 3.09. The molecule has 104 valence electrons. The largest absolute Gasteiger partial charge is 0.303 e. The smallest absolute Gasteiger partial charge is 0.127 e.